The van der Waals surface area contributed by atoms with Crippen molar-refractivity contribution >= 4 is 5.91 Å². The highest BCUT2D eigenvalue weighted by Gasteiger charge is 2.34. The van der Waals surface area contributed by atoms with Crippen molar-refractivity contribution in [3.05, 3.63) is 41.5 Å². The van der Waals surface area contributed by atoms with Gasteiger partial charge in [0, 0.05) is 18.5 Å². The molecule has 0 radical (unpaired) electrons. The van der Waals surface area contributed by atoms with Crippen LogP contribution in [0.5, 0.6) is 5.75 Å². The standard InChI is InChI=1S/C18H22N4O3/c1-2-16-19-17(21-20-16)15-11-22(8-10-25-15)18(23)13-7-9-24-14-6-4-3-5-12(13)14/h3-6,13,15H,2,7-11H2,1H3,(H,19,20,21)/t13-,15-/m1/s1. The molecule has 7 heteroatoms. The summed E-state index contributed by atoms with van der Waals surface area (Å²) in [5, 5.41) is 7.15. The Hall–Kier alpha value is -2.41. The summed E-state index contributed by atoms with van der Waals surface area (Å²) in [6, 6.07) is 7.80. The summed E-state index contributed by atoms with van der Waals surface area (Å²) in [5.41, 5.74) is 0.980. The minimum Gasteiger partial charge on any atom is -0.493 e. The molecular weight excluding hydrogens is 320 g/mol. The van der Waals surface area contributed by atoms with Gasteiger partial charge in [-0.05, 0) is 12.5 Å². The third-order valence-electron chi connectivity index (χ3n) is 4.81. The zero-order chi connectivity index (χ0) is 17.2. The van der Waals surface area contributed by atoms with Crippen LogP contribution < -0.4 is 4.74 Å². The zero-order valence-corrected chi connectivity index (χ0v) is 14.3. The summed E-state index contributed by atoms with van der Waals surface area (Å²) in [6.45, 7) is 4.17. The first-order valence-corrected chi connectivity index (χ1v) is 8.79. The maximum absolute atomic E-state index is 13.1. The summed E-state index contributed by atoms with van der Waals surface area (Å²) in [5.74, 6) is 2.26. The van der Waals surface area contributed by atoms with Gasteiger partial charge in [0.1, 0.15) is 17.7 Å². The van der Waals surface area contributed by atoms with E-state index in [1.807, 2.05) is 36.1 Å². The van der Waals surface area contributed by atoms with E-state index < -0.39 is 0 Å². The number of H-pyrrole nitrogens is 1. The van der Waals surface area contributed by atoms with E-state index >= 15 is 0 Å². The van der Waals surface area contributed by atoms with Gasteiger partial charge in [-0.2, -0.15) is 5.10 Å². The Morgan fingerprint density at radius 1 is 1.36 bits per heavy atom. The molecule has 0 unspecified atom stereocenters. The fraction of sp³-hybridized carbons (Fsp3) is 0.500. The first kappa shape index (κ1) is 16.1. The van der Waals surface area contributed by atoms with Gasteiger partial charge in [0.05, 0.1) is 25.7 Å². The maximum atomic E-state index is 13.1. The molecule has 2 aliphatic rings. The Bertz CT molecular complexity index is 760. The van der Waals surface area contributed by atoms with Crippen LogP contribution >= 0.6 is 0 Å². The number of nitrogens with one attached hydrogen (secondary N) is 1. The van der Waals surface area contributed by atoms with Gasteiger partial charge in [-0.3, -0.25) is 9.89 Å². The Kier molecular flexibility index (Phi) is 4.40. The number of aromatic amines is 1. The van der Waals surface area contributed by atoms with Crippen molar-refractivity contribution < 1.29 is 14.3 Å². The van der Waals surface area contributed by atoms with Crippen LogP contribution in [-0.2, 0) is 16.0 Å². The first-order chi connectivity index (χ1) is 12.3. The van der Waals surface area contributed by atoms with E-state index in [4.69, 9.17) is 9.47 Å². The number of carbonyl (C=O) groups excluding carboxylic acids is 1. The van der Waals surface area contributed by atoms with Crippen molar-refractivity contribution in [1.29, 1.82) is 0 Å². The van der Waals surface area contributed by atoms with Gasteiger partial charge < -0.3 is 14.4 Å². The van der Waals surface area contributed by atoms with Crippen LogP contribution in [-0.4, -0.2) is 52.3 Å². The highest BCUT2D eigenvalue weighted by molar-refractivity contribution is 5.85. The molecule has 1 amide bonds. The lowest BCUT2D eigenvalue weighted by Gasteiger charge is -2.35. The number of ether oxygens (including phenoxy) is 2. The minimum atomic E-state index is -0.274. The van der Waals surface area contributed by atoms with Crippen LogP contribution in [0.15, 0.2) is 24.3 Å². The second-order valence-electron chi connectivity index (χ2n) is 6.37. The number of para-hydroxylation sites is 1. The van der Waals surface area contributed by atoms with Gasteiger partial charge in [-0.25, -0.2) is 4.98 Å². The van der Waals surface area contributed by atoms with Gasteiger partial charge in [0.2, 0.25) is 5.91 Å². The highest BCUT2D eigenvalue weighted by Crippen LogP contribution is 2.35. The molecule has 3 heterocycles. The van der Waals surface area contributed by atoms with E-state index in [1.54, 1.807) is 0 Å². The number of aromatic nitrogens is 3. The van der Waals surface area contributed by atoms with Crippen LogP contribution in [0.4, 0.5) is 0 Å². The molecule has 2 atom stereocenters. The molecule has 25 heavy (non-hydrogen) atoms. The predicted molar refractivity (Wildman–Crippen MR) is 90.3 cm³/mol. The maximum Gasteiger partial charge on any atom is 0.230 e. The lowest BCUT2D eigenvalue weighted by atomic mass is 9.91. The van der Waals surface area contributed by atoms with Crippen LogP contribution in [0.1, 0.15) is 42.6 Å². The smallest absolute Gasteiger partial charge is 0.230 e. The van der Waals surface area contributed by atoms with Crippen LogP contribution in [0.25, 0.3) is 0 Å². The number of fused-ring (bicyclic) bond motifs is 1. The van der Waals surface area contributed by atoms with Gasteiger partial charge in [0.25, 0.3) is 0 Å². The molecule has 0 saturated carbocycles. The number of hydrogen-bond donors (Lipinski definition) is 1. The summed E-state index contributed by atoms with van der Waals surface area (Å²) in [6.07, 6.45) is 1.23. The monoisotopic (exact) mass is 342 g/mol. The Morgan fingerprint density at radius 3 is 3.08 bits per heavy atom. The molecule has 0 aliphatic carbocycles. The molecule has 0 bridgehead atoms. The van der Waals surface area contributed by atoms with Gasteiger partial charge >= 0.3 is 0 Å². The van der Waals surface area contributed by atoms with E-state index in [-0.39, 0.29) is 17.9 Å². The van der Waals surface area contributed by atoms with E-state index in [1.165, 1.54) is 0 Å². The molecule has 2 aliphatic heterocycles. The van der Waals surface area contributed by atoms with Gasteiger partial charge in [-0.1, -0.05) is 25.1 Å². The first-order valence-electron chi connectivity index (χ1n) is 8.79. The van der Waals surface area contributed by atoms with Gasteiger partial charge in [0.15, 0.2) is 5.82 Å². The second-order valence-corrected chi connectivity index (χ2v) is 6.37. The Morgan fingerprint density at radius 2 is 2.24 bits per heavy atom. The van der Waals surface area contributed by atoms with Crippen molar-refractivity contribution in [3.63, 3.8) is 0 Å². The third-order valence-corrected chi connectivity index (χ3v) is 4.81. The zero-order valence-electron chi connectivity index (χ0n) is 14.3. The molecule has 1 fully saturated rings. The second kappa shape index (κ2) is 6.84. The number of aryl methyl sites for hydroxylation is 1. The Labute approximate surface area is 146 Å². The quantitative estimate of drug-likeness (QED) is 0.920. The molecule has 4 rings (SSSR count). The number of amides is 1. The van der Waals surface area contributed by atoms with Gasteiger partial charge in [-0.15, -0.1) is 0 Å². The van der Waals surface area contributed by atoms with Crippen molar-refractivity contribution in [3.8, 4) is 5.75 Å². The molecule has 0 spiro atoms. The molecule has 1 aromatic heterocycles. The molecule has 1 N–H and O–H groups in total. The largest absolute Gasteiger partial charge is 0.493 e. The lowest BCUT2D eigenvalue weighted by Crippen LogP contribution is -2.45. The summed E-state index contributed by atoms with van der Waals surface area (Å²) >= 11 is 0. The molecule has 1 saturated heterocycles. The topological polar surface area (TPSA) is 80.3 Å². The highest BCUT2D eigenvalue weighted by atomic mass is 16.5. The number of nitrogens with zero attached hydrogens (tertiary/aromatic N) is 3. The summed E-state index contributed by atoms with van der Waals surface area (Å²) in [4.78, 5) is 19.4. The summed E-state index contributed by atoms with van der Waals surface area (Å²) < 4.78 is 11.5. The number of rotatable bonds is 3. The number of carbonyl (C=O) groups is 1. The van der Waals surface area contributed by atoms with E-state index in [0.29, 0.717) is 38.5 Å². The van der Waals surface area contributed by atoms with Crippen LogP contribution in [0, 0.1) is 0 Å². The molecule has 7 nitrogen and oxygen atoms in total. The van der Waals surface area contributed by atoms with Crippen molar-refractivity contribution in [2.24, 2.45) is 0 Å². The average Bonchev–Trinajstić information content (AvgIpc) is 3.16. The molecular formula is C18H22N4O3. The van der Waals surface area contributed by atoms with E-state index in [0.717, 1.165) is 23.6 Å². The lowest BCUT2D eigenvalue weighted by molar-refractivity contribution is -0.141. The number of morpholine rings is 1. The van der Waals surface area contributed by atoms with Crippen molar-refractivity contribution in [2.75, 3.05) is 26.3 Å². The Balaban J connectivity index is 1.51. The molecule has 1 aromatic carbocycles. The molecule has 132 valence electrons. The van der Waals surface area contributed by atoms with Crippen molar-refractivity contribution in [2.45, 2.75) is 31.8 Å². The fourth-order valence-corrected chi connectivity index (χ4v) is 3.44. The van der Waals surface area contributed by atoms with Crippen molar-refractivity contribution in [1.82, 2.24) is 20.1 Å². The summed E-state index contributed by atoms with van der Waals surface area (Å²) in [7, 11) is 0. The van der Waals surface area contributed by atoms with E-state index in [9.17, 15) is 4.79 Å². The third kappa shape index (κ3) is 3.11. The van der Waals surface area contributed by atoms with E-state index in [2.05, 4.69) is 15.2 Å². The van der Waals surface area contributed by atoms with Crippen LogP contribution in [0.3, 0.4) is 0 Å². The number of benzene rings is 1. The predicted octanol–water partition coefficient (Wildman–Crippen LogP) is 1.83. The number of hydrogen-bond acceptors (Lipinski definition) is 5. The normalized spacial score (nSPS) is 23.0. The fourth-order valence-electron chi connectivity index (χ4n) is 3.44. The molecule has 2 aromatic rings. The average molecular weight is 342 g/mol. The minimum absolute atomic E-state index is 0.135. The van der Waals surface area contributed by atoms with Crippen LogP contribution in [0.2, 0.25) is 0 Å². The SMILES string of the molecule is CCc1nc([C@H]2CN(C(=O)[C@@H]3CCOc4ccccc43)CCO2)n[nH]1.